The molecule has 1 saturated heterocycles. The third-order valence-corrected chi connectivity index (χ3v) is 6.87. The van der Waals surface area contributed by atoms with Crippen LogP contribution in [0.1, 0.15) is 28.8 Å². The molecule has 1 heterocycles. The van der Waals surface area contributed by atoms with E-state index in [1.807, 2.05) is 12.1 Å². The van der Waals surface area contributed by atoms with E-state index in [0.29, 0.717) is 18.8 Å². The quantitative estimate of drug-likeness (QED) is 0.481. The normalized spacial score (nSPS) is 16.8. The first-order chi connectivity index (χ1) is 15.7. The Labute approximate surface area is 192 Å². The third kappa shape index (κ3) is 6.47. The molecule has 1 aliphatic heterocycles. The lowest BCUT2D eigenvalue weighted by atomic mass is 9.97. The highest BCUT2D eigenvalue weighted by atomic mass is 32.2. The number of likely N-dealkylation sites (tertiary alicyclic amines) is 1. The van der Waals surface area contributed by atoms with Crippen LogP contribution in [0, 0.1) is 11.7 Å². The number of piperidine rings is 1. The van der Waals surface area contributed by atoms with Gasteiger partial charge in [-0.25, -0.2) is 17.5 Å². The zero-order chi connectivity index (χ0) is 24.0. The van der Waals surface area contributed by atoms with Crippen LogP contribution in [0.3, 0.4) is 0 Å². The Hall–Kier alpha value is -3.08. The molecule has 3 rings (SSSR count). The molecule has 0 spiro atoms. The van der Waals surface area contributed by atoms with Crippen molar-refractivity contribution in [2.24, 2.45) is 11.7 Å². The molecule has 1 atom stereocenters. The van der Waals surface area contributed by atoms with Crippen molar-refractivity contribution < 1.29 is 22.4 Å². The van der Waals surface area contributed by atoms with E-state index in [1.165, 1.54) is 12.1 Å². The Kier molecular flexibility index (Phi) is 7.96. The summed E-state index contributed by atoms with van der Waals surface area (Å²) in [6.07, 6.45) is 3.06. The Morgan fingerprint density at radius 3 is 2.61 bits per heavy atom. The fourth-order valence-electron chi connectivity index (χ4n) is 3.68. The second kappa shape index (κ2) is 10.7. The fraction of sp³-hybridized carbons (Fsp3) is 0.304. The lowest BCUT2D eigenvalue weighted by Gasteiger charge is -2.31. The van der Waals surface area contributed by atoms with Gasteiger partial charge in [0.15, 0.2) is 0 Å². The molecule has 0 bridgehead atoms. The van der Waals surface area contributed by atoms with Gasteiger partial charge in [0.05, 0.1) is 5.92 Å². The summed E-state index contributed by atoms with van der Waals surface area (Å²) in [5, 5.41) is 2.68. The zero-order valence-corrected chi connectivity index (χ0v) is 18.9. The van der Waals surface area contributed by atoms with Crippen LogP contribution in [-0.2, 0) is 21.4 Å². The topological polar surface area (TPSA) is 122 Å². The van der Waals surface area contributed by atoms with Crippen LogP contribution >= 0.6 is 0 Å². The Morgan fingerprint density at radius 2 is 1.94 bits per heavy atom. The molecule has 2 aromatic rings. The monoisotopic (exact) mass is 474 g/mol. The van der Waals surface area contributed by atoms with Crippen LogP contribution < -0.4 is 15.8 Å². The first-order valence-corrected chi connectivity index (χ1v) is 12.0. The lowest BCUT2D eigenvalue weighted by molar-refractivity contribution is -0.123. The van der Waals surface area contributed by atoms with Crippen LogP contribution in [0.15, 0.2) is 60.0 Å². The van der Waals surface area contributed by atoms with Gasteiger partial charge in [-0.1, -0.05) is 18.2 Å². The number of sulfonamides is 1. The van der Waals surface area contributed by atoms with Crippen molar-refractivity contribution in [3.63, 3.8) is 0 Å². The third-order valence-electron chi connectivity index (χ3n) is 5.43. The molecule has 33 heavy (non-hydrogen) atoms. The van der Waals surface area contributed by atoms with Crippen LogP contribution in [-0.4, -0.2) is 44.8 Å². The summed E-state index contributed by atoms with van der Waals surface area (Å²) in [5.41, 5.74) is 6.96. The number of carbonyl (C=O) groups excluding carboxylic acids is 2. The molecule has 176 valence electrons. The first-order valence-electron chi connectivity index (χ1n) is 10.5. The molecule has 1 unspecified atom stereocenters. The van der Waals surface area contributed by atoms with Crippen molar-refractivity contribution in [3.8, 4) is 0 Å². The zero-order valence-electron chi connectivity index (χ0n) is 18.1. The highest BCUT2D eigenvalue weighted by Gasteiger charge is 2.24. The number of benzene rings is 2. The number of primary amides is 1. The van der Waals surface area contributed by atoms with E-state index in [4.69, 9.17) is 5.73 Å². The van der Waals surface area contributed by atoms with E-state index in [1.54, 1.807) is 12.1 Å². The molecule has 8 nitrogen and oxygen atoms in total. The minimum absolute atomic E-state index is 0.00487. The second-order valence-corrected chi connectivity index (χ2v) is 9.65. The molecule has 0 aliphatic carbocycles. The maximum absolute atomic E-state index is 14.1. The van der Waals surface area contributed by atoms with E-state index in [0.717, 1.165) is 37.1 Å². The van der Waals surface area contributed by atoms with Gasteiger partial charge in [-0.05, 0) is 55.3 Å². The van der Waals surface area contributed by atoms with Gasteiger partial charge >= 0.3 is 0 Å². The number of nitrogens with two attached hydrogens (primary N) is 1. The molecule has 10 heteroatoms. The largest absolute Gasteiger partial charge is 0.369 e. The summed E-state index contributed by atoms with van der Waals surface area (Å²) in [6.45, 7) is 5.53. The molecule has 0 aromatic heterocycles. The van der Waals surface area contributed by atoms with Crippen LogP contribution in [0.4, 0.5) is 10.1 Å². The molecule has 1 fully saturated rings. The lowest BCUT2D eigenvalue weighted by Crippen LogP contribution is -2.40. The van der Waals surface area contributed by atoms with E-state index in [2.05, 4.69) is 21.5 Å². The molecule has 0 radical (unpaired) electrons. The number of nitrogens with zero attached hydrogens (tertiary/aromatic N) is 1. The fourth-order valence-corrected chi connectivity index (χ4v) is 4.78. The summed E-state index contributed by atoms with van der Waals surface area (Å²) in [7, 11) is -4.12. The van der Waals surface area contributed by atoms with Gasteiger partial charge in [0, 0.05) is 30.9 Å². The smallest absolute Gasteiger partial charge is 0.255 e. The molecule has 2 aromatic carbocycles. The van der Waals surface area contributed by atoms with E-state index < -0.39 is 26.6 Å². The standard InChI is InChI=1S/C23H27FN4O4S/c1-2-11-26-33(31,32)21-13-17(7-10-20(21)24)23(30)27-19-8-5-16(6-9-19)14-28-12-3-4-18(15-28)22(25)29/h2,5-10,13,18,26H,1,3-4,11-12,14-15H2,(H2,25,29)(H,27,30). The van der Waals surface area contributed by atoms with Crippen LogP contribution in [0.25, 0.3) is 0 Å². The van der Waals surface area contributed by atoms with E-state index in [-0.39, 0.29) is 23.9 Å². The molecule has 2 amide bonds. The first kappa shape index (κ1) is 24.6. The number of anilines is 1. The van der Waals surface area contributed by atoms with Gasteiger partial charge in [0.25, 0.3) is 5.91 Å². The highest BCUT2D eigenvalue weighted by molar-refractivity contribution is 7.89. The van der Waals surface area contributed by atoms with Gasteiger partial charge in [-0.3, -0.25) is 14.5 Å². The summed E-state index contributed by atoms with van der Waals surface area (Å²) >= 11 is 0. The average Bonchev–Trinajstić information content (AvgIpc) is 2.79. The Balaban J connectivity index is 1.65. The number of rotatable bonds is 9. The molecular weight excluding hydrogens is 447 g/mol. The Bertz CT molecular complexity index is 1140. The van der Waals surface area contributed by atoms with Crippen LogP contribution in [0.2, 0.25) is 0 Å². The number of carbonyl (C=O) groups is 2. The molecule has 4 N–H and O–H groups in total. The SMILES string of the molecule is C=CCNS(=O)(=O)c1cc(C(=O)Nc2ccc(CN3CCCC(C(N)=O)C3)cc2)ccc1F. The van der Waals surface area contributed by atoms with E-state index in [9.17, 15) is 22.4 Å². The number of halogens is 1. The van der Waals surface area contributed by atoms with Gasteiger partial charge in [0.2, 0.25) is 15.9 Å². The summed E-state index contributed by atoms with van der Waals surface area (Å²) in [5.74, 6) is -1.92. The van der Waals surface area contributed by atoms with Gasteiger partial charge in [0.1, 0.15) is 10.7 Å². The average molecular weight is 475 g/mol. The number of hydrogen-bond donors (Lipinski definition) is 3. The number of amides is 2. The number of hydrogen-bond acceptors (Lipinski definition) is 5. The van der Waals surface area contributed by atoms with Crippen molar-refractivity contribution in [2.45, 2.75) is 24.3 Å². The van der Waals surface area contributed by atoms with Crippen molar-refractivity contribution >= 4 is 27.5 Å². The van der Waals surface area contributed by atoms with Crippen molar-refractivity contribution in [2.75, 3.05) is 25.0 Å². The van der Waals surface area contributed by atoms with Crippen molar-refractivity contribution in [1.82, 2.24) is 9.62 Å². The molecule has 1 aliphatic rings. The van der Waals surface area contributed by atoms with Crippen LogP contribution in [0.5, 0.6) is 0 Å². The highest BCUT2D eigenvalue weighted by Crippen LogP contribution is 2.20. The van der Waals surface area contributed by atoms with Gasteiger partial charge in [-0.15, -0.1) is 6.58 Å². The maximum atomic E-state index is 14.1. The maximum Gasteiger partial charge on any atom is 0.255 e. The number of nitrogens with one attached hydrogen (secondary N) is 2. The predicted molar refractivity (Wildman–Crippen MR) is 123 cm³/mol. The van der Waals surface area contributed by atoms with Crippen molar-refractivity contribution in [1.29, 1.82) is 0 Å². The molecule has 0 saturated carbocycles. The van der Waals surface area contributed by atoms with Gasteiger partial charge < -0.3 is 11.1 Å². The van der Waals surface area contributed by atoms with Crippen molar-refractivity contribution in [3.05, 3.63) is 72.1 Å². The van der Waals surface area contributed by atoms with E-state index >= 15 is 0 Å². The summed E-state index contributed by atoms with van der Waals surface area (Å²) in [6, 6.07) is 10.4. The minimum atomic E-state index is -4.12. The summed E-state index contributed by atoms with van der Waals surface area (Å²) in [4.78, 5) is 25.6. The molecular formula is C23H27FN4O4S. The Morgan fingerprint density at radius 1 is 1.21 bits per heavy atom. The minimum Gasteiger partial charge on any atom is -0.369 e. The van der Waals surface area contributed by atoms with Gasteiger partial charge in [-0.2, -0.15) is 0 Å². The predicted octanol–water partition coefficient (Wildman–Crippen LogP) is 2.24. The second-order valence-electron chi connectivity index (χ2n) is 7.91. The summed E-state index contributed by atoms with van der Waals surface area (Å²) < 4.78 is 40.8.